The molecule has 26 heavy (non-hydrogen) atoms. The van der Waals surface area contributed by atoms with Crippen molar-refractivity contribution in [3.05, 3.63) is 65.1 Å². The highest BCUT2D eigenvalue weighted by atomic mass is 16.3. The molecule has 0 radical (unpaired) electrons. The van der Waals surface area contributed by atoms with Gasteiger partial charge in [-0.25, -0.2) is 0 Å². The normalized spacial score (nSPS) is 17.2. The van der Waals surface area contributed by atoms with Crippen LogP contribution in [0.1, 0.15) is 29.3 Å². The van der Waals surface area contributed by atoms with E-state index in [0.717, 1.165) is 36.2 Å². The highest BCUT2D eigenvalue weighted by Crippen LogP contribution is 2.34. The van der Waals surface area contributed by atoms with Crippen LogP contribution in [0.25, 0.3) is 10.9 Å². The number of likely N-dealkylation sites (N-methyl/N-ethyl adjacent to an activating group) is 1. The highest BCUT2D eigenvalue weighted by molar-refractivity contribution is 5.86. The number of aromatic nitrogens is 2. The van der Waals surface area contributed by atoms with Gasteiger partial charge < -0.3 is 19.7 Å². The molecule has 3 aromatic rings. The molecule has 3 heterocycles. The van der Waals surface area contributed by atoms with E-state index in [0.29, 0.717) is 6.54 Å². The second kappa shape index (κ2) is 6.50. The Balaban J connectivity index is 1.84. The minimum Gasteiger partial charge on any atom is -0.392 e. The quantitative estimate of drug-likeness (QED) is 0.758. The van der Waals surface area contributed by atoms with Gasteiger partial charge in [-0.1, -0.05) is 6.07 Å². The van der Waals surface area contributed by atoms with Gasteiger partial charge >= 0.3 is 0 Å². The molecule has 0 fully saturated rings. The van der Waals surface area contributed by atoms with Gasteiger partial charge in [-0.3, -0.25) is 4.98 Å². The van der Waals surface area contributed by atoms with E-state index < -0.39 is 5.60 Å². The zero-order valence-electron chi connectivity index (χ0n) is 15.3. The van der Waals surface area contributed by atoms with Crippen LogP contribution >= 0.6 is 0 Å². The van der Waals surface area contributed by atoms with E-state index in [1.54, 1.807) is 12.4 Å². The first kappa shape index (κ1) is 17.2. The summed E-state index contributed by atoms with van der Waals surface area (Å²) >= 11 is 0. The number of aliphatic hydroxyl groups excluding tert-OH is 1. The third-order valence-electron chi connectivity index (χ3n) is 5.46. The SMILES string of the molecule is CN1CCc2c(c3cc(CO)ccc3n2CC(C)(O)c2ccncc2)C1. The van der Waals surface area contributed by atoms with Crippen LogP contribution in [0.3, 0.4) is 0 Å². The molecule has 2 N–H and O–H groups in total. The van der Waals surface area contributed by atoms with E-state index in [1.165, 1.54) is 16.6 Å². The number of hydrogen-bond donors (Lipinski definition) is 2. The molecule has 1 aromatic carbocycles. The molecular formula is C21H25N3O2. The fraction of sp³-hybridized carbons (Fsp3) is 0.381. The molecule has 1 aliphatic heterocycles. The molecule has 1 atom stereocenters. The summed E-state index contributed by atoms with van der Waals surface area (Å²) in [4.78, 5) is 6.37. The van der Waals surface area contributed by atoms with Crippen molar-refractivity contribution < 1.29 is 10.2 Å². The number of fused-ring (bicyclic) bond motifs is 3. The molecule has 1 aliphatic rings. The summed E-state index contributed by atoms with van der Waals surface area (Å²) in [6, 6.07) is 9.87. The Hall–Kier alpha value is -2.21. The minimum absolute atomic E-state index is 0.0421. The van der Waals surface area contributed by atoms with Gasteiger partial charge in [-0.15, -0.1) is 0 Å². The van der Waals surface area contributed by atoms with Crippen LogP contribution in [0.5, 0.6) is 0 Å². The van der Waals surface area contributed by atoms with Gasteiger partial charge in [0.1, 0.15) is 5.60 Å². The third-order valence-corrected chi connectivity index (χ3v) is 5.46. The van der Waals surface area contributed by atoms with E-state index in [1.807, 2.05) is 25.1 Å². The van der Waals surface area contributed by atoms with E-state index >= 15 is 0 Å². The largest absolute Gasteiger partial charge is 0.392 e. The Labute approximate surface area is 153 Å². The minimum atomic E-state index is -0.984. The van der Waals surface area contributed by atoms with E-state index in [-0.39, 0.29) is 6.61 Å². The number of benzene rings is 1. The molecule has 0 saturated carbocycles. The summed E-state index contributed by atoms with van der Waals surface area (Å²) in [5.41, 5.74) is 4.53. The molecule has 5 heteroatoms. The summed E-state index contributed by atoms with van der Waals surface area (Å²) < 4.78 is 2.26. The molecule has 2 aromatic heterocycles. The predicted octanol–water partition coefficient (Wildman–Crippen LogP) is 2.42. The molecule has 0 bridgehead atoms. The molecule has 0 saturated heterocycles. The topological polar surface area (TPSA) is 61.5 Å². The molecular weight excluding hydrogens is 326 g/mol. The first-order valence-electron chi connectivity index (χ1n) is 9.05. The zero-order chi connectivity index (χ0) is 18.3. The molecule has 1 unspecified atom stereocenters. The summed E-state index contributed by atoms with van der Waals surface area (Å²) in [5, 5.41) is 21.9. The smallest absolute Gasteiger partial charge is 0.105 e. The Morgan fingerprint density at radius 1 is 1.19 bits per heavy atom. The van der Waals surface area contributed by atoms with E-state index in [4.69, 9.17) is 0 Å². The Morgan fingerprint density at radius 3 is 2.69 bits per heavy atom. The molecule has 0 amide bonds. The zero-order valence-corrected chi connectivity index (χ0v) is 15.3. The lowest BCUT2D eigenvalue weighted by atomic mass is 9.96. The second-order valence-corrected chi connectivity index (χ2v) is 7.52. The monoisotopic (exact) mass is 351 g/mol. The van der Waals surface area contributed by atoms with Crippen LogP contribution in [-0.4, -0.2) is 38.3 Å². The average molecular weight is 351 g/mol. The van der Waals surface area contributed by atoms with Gasteiger partial charge in [0.2, 0.25) is 0 Å². The van der Waals surface area contributed by atoms with Crippen LogP contribution in [0.4, 0.5) is 0 Å². The van der Waals surface area contributed by atoms with Gasteiger partial charge in [-0.2, -0.15) is 0 Å². The summed E-state index contributed by atoms with van der Waals surface area (Å²) in [7, 11) is 2.13. The predicted molar refractivity (Wildman–Crippen MR) is 102 cm³/mol. The first-order valence-corrected chi connectivity index (χ1v) is 9.05. The average Bonchev–Trinajstić information content (AvgIpc) is 2.94. The standard InChI is InChI=1S/C21H25N3O2/c1-21(26,16-5-8-22-9-6-16)14-24-19-4-3-15(13-25)11-17(19)18-12-23(2)10-7-20(18)24/h3-6,8-9,11,25-26H,7,10,12-14H2,1-2H3. The van der Waals surface area contributed by atoms with Crippen LogP contribution in [-0.2, 0) is 31.7 Å². The van der Waals surface area contributed by atoms with Crippen molar-refractivity contribution in [2.45, 2.75) is 38.6 Å². The maximum Gasteiger partial charge on any atom is 0.105 e. The van der Waals surface area contributed by atoms with E-state index in [2.05, 4.69) is 33.6 Å². The second-order valence-electron chi connectivity index (χ2n) is 7.52. The van der Waals surface area contributed by atoms with Crippen molar-refractivity contribution in [3.8, 4) is 0 Å². The highest BCUT2D eigenvalue weighted by Gasteiger charge is 2.29. The van der Waals surface area contributed by atoms with Gasteiger partial charge in [0.25, 0.3) is 0 Å². The summed E-state index contributed by atoms with van der Waals surface area (Å²) in [5.74, 6) is 0. The maximum absolute atomic E-state index is 11.2. The summed E-state index contributed by atoms with van der Waals surface area (Å²) in [6.07, 6.45) is 4.40. The Morgan fingerprint density at radius 2 is 1.96 bits per heavy atom. The van der Waals surface area contributed by atoms with Gasteiger partial charge in [0.15, 0.2) is 0 Å². The van der Waals surface area contributed by atoms with Crippen molar-refractivity contribution in [3.63, 3.8) is 0 Å². The maximum atomic E-state index is 11.2. The van der Waals surface area contributed by atoms with Crippen molar-refractivity contribution >= 4 is 10.9 Å². The molecule has 136 valence electrons. The summed E-state index contributed by atoms with van der Waals surface area (Å²) in [6.45, 7) is 4.29. The Kier molecular flexibility index (Phi) is 4.31. The lowest BCUT2D eigenvalue weighted by Crippen LogP contribution is -2.31. The van der Waals surface area contributed by atoms with Crippen molar-refractivity contribution in [2.75, 3.05) is 13.6 Å². The van der Waals surface area contributed by atoms with Crippen molar-refractivity contribution in [2.24, 2.45) is 0 Å². The van der Waals surface area contributed by atoms with Gasteiger partial charge in [0, 0.05) is 48.5 Å². The van der Waals surface area contributed by atoms with Crippen LogP contribution in [0.2, 0.25) is 0 Å². The third kappa shape index (κ3) is 2.92. The Bertz CT molecular complexity index is 931. The fourth-order valence-electron chi connectivity index (χ4n) is 4.02. The number of pyridine rings is 1. The van der Waals surface area contributed by atoms with Crippen molar-refractivity contribution in [1.82, 2.24) is 14.5 Å². The van der Waals surface area contributed by atoms with Crippen LogP contribution < -0.4 is 0 Å². The fourth-order valence-corrected chi connectivity index (χ4v) is 4.02. The molecule has 0 aliphatic carbocycles. The van der Waals surface area contributed by atoms with E-state index in [9.17, 15) is 10.2 Å². The first-order chi connectivity index (χ1) is 12.5. The number of nitrogens with zero attached hydrogens (tertiary/aromatic N) is 3. The van der Waals surface area contributed by atoms with Crippen LogP contribution in [0, 0.1) is 0 Å². The number of aliphatic hydroxyl groups is 2. The lowest BCUT2D eigenvalue weighted by molar-refractivity contribution is 0.0384. The van der Waals surface area contributed by atoms with Crippen molar-refractivity contribution in [1.29, 1.82) is 0 Å². The van der Waals surface area contributed by atoms with Gasteiger partial charge in [-0.05, 0) is 54.9 Å². The molecule has 4 rings (SSSR count). The number of rotatable bonds is 4. The molecule has 5 nitrogen and oxygen atoms in total. The van der Waals surface area contributed by atoms with Gasteiger partial charge in [0.05, 0.1) is 13.2 Å². The molecule has 0 spiro atoms. The number of hydrogen-bond acceptors (Lipinski definition) is 4. The van der Waals surface area contributed by atoms with Crippen LogP contribution in [0.15, 0.2) is 42.7 Å². The lowest BCUT2D eigenvalue weighted by Gasteiger charge is -2.28.